The molecule has 0 saturated carbocycles. The van der Waals surface area contributed by atoms with Gasteiger partial charge in [0.25, 0.3) is 5.91 Å². The van der Waals surface area contributed by atoms with Crippen molar-refractivity contribution in [2.75, 3.05) is 6.61 Å². The largest absolute Gasteiger partial charge is 0.467 e. The van der Waals surface area contributed by atoms with Gasteiger partial charge >= 0.3 is 11.8 Å². The summed E-state index contributed by atoms with van der Waals surface area (Å²) in [4.78, 5) is 26.5. The molecule has 0 bridgehead atoms. The summed E-state index contributed by atoms with van der Waals surface area (Å²) >= 11 is 0. The molecule has 8 heteroatoms. The van der Waals surface area contributed by atoms with Crippen LogP contribution in [0.5, 0.6) is 0 Å². The Morgan fingerprint density at radius 3 is 2.73 bits per heavy atom. The number of hydrogen-bond donors (Lipinski definition) is 0. The molecule has 0 fully saturated rings. The maximum Gasteiger partial charge on any atom is 0.422 e. The third kappa shape index (κ3) is 3.96. The first-order chi connectivity index (χ1) is 10.3. The highest BCUT2D eigenvalue weighted by Crippen LogP contribution is 2.23. The first kappa shape index (κ1) is 16.3. The fourth-order valence-corrected chi connectivity index (χ4v) is 2.14. The van der Waals surface area contributed by atoms with Crippen LogP contribution in [0.4, 0.5) is 13.2 Å². The van der Waals surface area contributed by atoms with Crippen LogP contribution in [0.1, 0.15) is 36.7 Å². The van der Waals surface area contributed by atoms with Crippen LogP contribution in [-0.4, -0.2) is 24.6 Å². The highest BCUT2D eigenvalue weighted by Gasteiger charge is 2.32. The van der Waals surface area contributed by atoms with E-state index in [4.69, 9.17) is 4.42 Å². The molecule has 1 aromatic rings. The maximum absolute atomic E-state index is 12.3. The molecule has 1 aromatic heterocycles. The number of hydrogen-bond acceptors (Lipinski definition) is 4. The van der Waals surface area contributed by atoms with Gasteiger partial charge in [0.15, 0.2) is 6.61 Å². The molecular weight excluding hydrogens is 303 g/mol. The van der Waals surface area contributed by atoms with Crippen LogP contribution in [0, 0.1) is 0 Å². The Morgan fingerprint density at radius 1 is 1.36 bits per heavy atom. The van der Waals surface area contributed by atoms with Crippen molar-refractivity contribution in [3.8, 4) is 0 Å². The minimum absolute atomic E-state index is 0.00998. The standard InChI is InChI=1S/C14H14F3NO4/c1-2-3-4-8-5-11(20)22-9-6-10(19)18-13(12(8)9)21-7-14(15,16)17/h5H,2-4,6-7H2,1H3. The minimum Gasteiger partial charge on any atom is -0.467 e. The second kappa shape index (κ2) is 6.33. The predicted octanol–water partition coefficient (Wildman–Crippen LogP) is 2.39. The molecule has 120 valence electrons. The van der Waals surface area contributed by atoms with Crippen LogP contribution in [0.15, 0.2) is 20.3 Å². The van der Waals surface area contributed by atoms with E-state index < -0.39 is 30.2 Å². The lowest BCUT2D eigenvalue weighted by Crippen LogP contribution is -2.27. The normalized spacial score (nSPS) is 14.5. The van der Waals surface area contributed by atoms with E-state index in [0.717, 1.165) is 12.8 Å². The summed E-state index contributed by atoms with van der Waals surface area (Å²) in [5.41, 5.74) is 0.0353. The lowest BCUT2D eigenvalue weighted by molar-refractivity contribution is -0.156. The van der Waals surface area contributed by atoms with Gasteiger partial charge in [0.1, 0.15) is 5.76 Å². The summed E-state index contributed by atoms with van der Waals surface area (Å²) in [7, 11) is 0. The Labute approximate surface area is 123 Å². The van der Waals surface area contributed by atoms with Crippen molar-refractivity contribution in [2.24, 2.45) is 4.99 Å². The van der Waals surface area contributed by atoms with Crippen molar-refractivity contribution in [2.45, 2.75) is 38.8 Å². The molecule has 1 aliphatic heterocycles. The van der Waals surface area contributed by atoms with Gasteiger partial charge in [0.05, 0.1) is 12.0 Å². The summed E-state index contributed by atoms with van der Waals surface area (Å²) in [5.74, 6) is -1.13. The molecule has 0 unspecified atom stereocenters. The van der Waals surface area contributed by atoms with Gasteiger partial charge in [-0.2, -0.15) is 18.2 Å². The molecular formula is C14H14F3NO4. The monoisotopic (exact) mass is 317 g/mol. The summed E-state index contributed by atoms with van der Waals surface area (Å²) < 4.78 is 46.5. The lowest BCUT2D eigenvalue weighted by atomic mass is 9.99. The van der Waals surface area contributed by atoms with Crippen molar-refractivity contribution in [3.63, 3.8) is 0 Å². The number of rotatable bonds is 4. The highest BCUT2D eigenvalue weighted by atomic mass is 19.4. The molecule has 0 aliphatic carbocycles. The number of aryl methyl sites for hydroxylation is 1. The van der Waals surface area contributed by atoms with Gasteiger partial charge in [-0.05, 0) is 18.4 Å². The molecule has 0 radical (unpaired) electrons. The number of unbranched alkanes of at least 4 members (excludes halogenated alkanes) is 1. The summed E-state index contributed by atoms with van der Waals surface area (Å²) in [6.45, 7) is 0.376. The molecule has 5 nitrogen and oxygen atoms in total. The lowest BCUT2D eigenvalue weighted by Gasteiger charge is -2.19. The zero-order valence-electron chi connectivity index (χ0n) is 11.8. The van der Waals surface area contributed by atoms with E-state index in [2.05, 4.69) is 9.73 Å². The Hall–Kier alpha value is -2.12. The quantitative estimate of drug-likeness (QED) is 0.855. The number of carbonyl (C=O) groups is 1. The second-order valence-electron chi connectivity index (χ2n) is 4.88. The molecule has 0 spiro atoms. The second-order valence-corrected chi connectivity index (χ2v) is 4.88. The van der Waals surface area contributed by atoms with E-state index in [0.29, 0.717) is 12.0 Å². The van der Waals surface area contributed by atoms with Crippen LogP contribution >= 0.6 is 0 Å². The Balaban J connectivity index is 2.41. The molecule has 1 amide bonds. The van der Waals surface area contributed by atoms with Gasteiger partial charge in [-0.15, -0.1) is 0 Å². The first-order valence-electron chi connectivity index (χ1n) is 6.77. The molecule has 1 aliphatic rings. The first-order valence-corrected chi connectivity index (χ1v) is 6.77. The van der Waals surface area contributed by atoms with Crippen molar-refractivity contribution in [1.29, 1.82) is 0 Å². The van der Waals surface area contributed by atoms with E-state index in [-0.39, 0.29) is 17.7 Å². The predicted molar refractivity (Wildman–Crippen MR) is 70.8 cm³/mol. The molecule has 0 N–H and O–H groups in total. The van der Waals surface area contributed by atoms with Gasteiger partial charge in [0, 0.05) is 6.07 Å². The van der Waals surface area contributed by atoms with Gasteiger partial charge < -0.3 is 9.15 Å². The number of ether oxygens (including phenoxy) is 1. The number of alkyl halides is 3. The molecule has 0 aromatic carbocycles. The zero-order valence-corrected chi connectivity index (χ0v) is 11.8. The molecule has 2 heterocycles. The highest BCUT2D eigenvalue weighted by molar-refractivity contribution is 6.06. The van der Waals surface area contributed by atoms with Crippen LogP contribution in [-0.2, 0) is 22.4 Å². The number of halogens is 3. The summed E-state index contributed by atoms with van der Waals surface area (Å²) in [5, 5.41) is 0. The van der Waals surface area contributed by atoms with Crippen LogP contribution < -0.4 is 5.63 Å². The number of fused-ring (bicyclic) bond motifs is 1. The van der Waals surface area contributed by atoms with Gasteiger partial charge in [-0.1, -0.05) is 13.3 Å². The van der Waals surface area contributed by atoms with Crippen molar-refractivity contribution < 1.29 is 27.1 Å². The van der Waals surface area contributed by atoms with Crippen LogP contribution in [0.3, 0.4) is 0 Å². The van der Waals surface area contributed by atoms with E-state index in [1.807, 2.05) is 6.92 Å². The van der Waals surface area contributed by atoms with Crippen molar-refractivity contribution in [1.82, 2.24) is 0 Å². The topological polar surface area (TPSA) is 68.9 Å². The summed E-state index contributed by atoms with van der Waals surface area (Å²) in [6, 6.07) is 1.21. The zero-order chi connectivity index (χ0) is 16.3. The van der Waals surface area contributed by atoms with Gasteiger partial charge in [0.2, 0.25) is 5.90 Å². The molecule has 2 rings (SSSR count). The third-order valence-electron chi connectivity index (χ3n) is 3.04. The van der Waals surface area contributed by atoms with E-state index >= 15 is 0 Å². The number of carbonyl (C=O) groups excluding carboxylic acids is 1. The van der Waals surface area contributed by atoms with Crippen LogP contribution in [0.25, 0.3) is 0 Å². The number of nitrogens with zero attached hydrogens (tertiary/aromatic N) is 1. The average Bonchev–Trinajstić information content (AvgIpc) is 2.40. The van der Waals surface area contributed by atoms with Gasteiger partial charge in [-0.25, -0.2) is 4.79 Å². The van der Waals surface area contributed by atoms with E-state index in [9.17, 15) is 22.8 Å². The minimum atomic E-state index is -4.55. The smallest absolute Gasteiger partial charge is 0.422 e. The van der Waals surface area contributed by atoms with Crippen LogP contribution in [0.2, 0.25) is 0 Å². The average molecular weight is 317 g/mol. The maximum atomic E-state index is 12.3. The Bertz CT molecular complexity index is 661. The fourth-order valence-electron chi connectivity index (χ4n) is 2.14. The molecule has 0 saturated heterocycles. The van der Waals surface area contributed by atoms with Crippen molar-refractivity contribution in [3.05, 3.63) is 33.4 Å². The third-order valence-corrected chi connectivity index (χ3v) is 3.04. The Kier molecular flexibility index (Phi) is 4.68. The number of amides is 1. The SMILES string of the molecule is CCCCc1cc(=O)oc2c1C(OCC(F)(F)F)=NC(=O)C2. The Morgan fingerprint density at radius 2 is 2.09 bits per heavy atom. The van der Waals surface area contributed by atoms with Crippen molar-refractivity contribution >= 4 is 11.8 Å². The molecule has 0 atom stereocenters. The fraction of sp³-hybridized carbons (Fsp3) is 0.500. The van der Waals surface area contributed by atoms with Gasteiger partial charge in [-0.3, -0.25) is 4.79 Å². The van der Waals surface area contributed by atoms with E-state index in [1.54, 1.807) is 0 Å². The van der Waals surface area contributed by atoms with E-state index in [1.165, 1.54) is 6.07 Å². The summed E-state index contributed by atoms with van der Waals surface area (Å²) in [6.07, 6.45) is -2.78. The molecule has 22 heavy (non-hydrogen) atoms. The number of aliphatic imine (C=N–C) groups is 1.